The quantitative estimate of drug-likeness (QED) is 0.433. The molecule has 0 saturated carbocycles. The van der Waals surface area contributed by atoms with Crippen LogP contribution in [0.1, 0.15) is 31.4 Å². The van der Waals surface area contributed by atoms with Gasteiger partial charge in [0.25, 0.3) is 5.69 Å². The van der Waals surface area contributed by atoms with Crippen molar-refractivity contribution in [1.29, 1.82) is 0 Å². The van der Waals surface area contributed by atoms with Gasteiger partial charge < -0.3 is 10.4 Å². The third kappa shape index (κ3) is 4.50. The summed E-state index contributed by atoms with van der Waals surface area (Å²) in [7, 11) is 0. The first kappa shape index (κ1) is 13.6. The molecule has 1 aromatic rings. The Kier molecular flexibility index (Phi) is 5.59. The molecule has 1 aromatic carbocycles. The highest BCUT2D eigenvalue weighted by Crippen LogP contribution is 2.17. The maximum atomic E-state index is 10.5. The molecule has 1 unspecified atom stereocenters. The largest absolute Gasteiger partial charge is 0.396 e. The summed E-state index contributed by atoms with van der Waals surface area (Å²) in [6, 6.07) is 6.72. The summed E-state index contributed by atoms with van der Waals surface area (Å²) in [6.07, 6.45) is 1.72. The van der Waals surface area contributed by atoms with Crippen LogP contribution in [0, 0.1) is 10.1 Å². The fourth-order valence-electron chi connectivity index (χ4n) is 1.56. The zero-order valence-electron chi connectivity index (χ0n) is 9.93. The number of aliphatic hydroxyl groups is 1. The number of hydrogen-bond acceptors (Lipinski definition) is 4. The SMILES string of the molecule is CC(NCCCCO)c1ccc([N+](=O)[O-])cc1. The number of rotatable bonds is 7. The Bertz CT molecular complexity index is 351. The Balaban J connectivity index is 2.46. The van der Waals surface area contributed by atoms with E-state index in [1.54, 1.807) is 12.1 Å². The van der Waals surface area contributed by atoms with E-state index in [-0.39, 0.29) is 18.3 Å². The number of nitrogens with zero attached hydrogens (tertiary/aromatic N) is 1. The van der Waals surface area contributed by atoms with E-state index in [0.717, 1.165) is 24.9 Å². The van der Waals surface area contributed by atoms with Crippen LogP contribution < -0.4 is 5.32 Å². The minimum absolute atomic E-state index is 0.112. The predicted octanol–water partition coefficient (Wildman–Crippen LogP) is 2.02. The second kappa shape index (κ2) is 6.98. The van der Waals surface area contributed by atoms with E-state index in [4.69, 9.17) is 5.11 Å². The first-order valence-electron chi connectivity index (χ1n) is 5.73. The molecule has 0 saturated heterocycles. The molecule has 0 spiro atoms. The van der Waals surface area contributed by atoms with Crippen LogP contribution in [0.15, 0.2) is 24.3 Å². The Morgan fingerprint density at radius 3 is 2.53 bits per heavy atom. The molecule has 1 rings (SSSR count). The lowest BCUT2D eigenvalue weighted by Crippen LogP contribution is -2.20. The molecular formula is C12H18N2O3. The van der Waals surface area contributed by atoms with Crippen molar-refractivity contribution in [3.05, 3.63) is 39.9 Å². The normalized spacial score (nSPS) is 12.4. The topological polar surface area (TPSA) is 75.4 Å². The Labute approximate surface area is 101 Å². The zero-order valence-corrected chi connectivity index (χ0v) is 9.93. The van der Waals surface area contributed by atoms with Gasteiger partial charge in [-0.1, -0.05) is 12.1 Å². The second-order valence-corrected chi connectivity index (χ2v) is 3.96. The summed E-state index contributed by atoms with van der Waals surface area (Å²) in [6.45, 7) is 3.06. The Morgan fingerprint density at radius 1 is 1.35 bits per heavy atom. The van der Waals surface area contributed by atoms with Crippen molar-refractivity contribution < 1.29 is 10.0 Å². The summed E-state index contributed by atoms with van der Waals surface area (Å²) in [5.74, 6) is 0. The van der Waals surface area contributed by atoms with Gasteiger partial charge in [0.05, 0.1) is 4.92 Å². The zero-order chi connectivity index (χ0) is 12.7. The monoisotopic (exact) mass is 238 g/mol. The van der Waals surface area contributed by atoms with E-state index in [1.165, 1.54) is 12.1 Å². The smallest absolute Gasteiger partial charge is 0.269 e. The number of nitro groups is 1. The molecule has 0 amide bonds. The number of aliphatic hydroxyl groups excluding tert-OH is 1. The van der Waals surface area contributed by atoms with Gasteiger partial charge in [-0.15, -0.1) is 0 Å². The first-order valence-corrected chi connectivity index (χ1v) is 5.73. The third-order valence-electron chi connectivity index (χ3n) is 2.64. The number of nitrogens with one attached hydrogen (secondary N) is 1. The number of benzene rings is 1. The average Bonchev–Trinajstić information content (AvgIpc) is 2.34. The lowest BCUT2D eigenvalue weighted by Gasteiger charge is -2.13. The molecule has 0 radical (unpaired) electrons. The molecule has 94 valence electrons. The maximum absolute atomic E-state index is 10.5. The van der Waals surface area contributed by atoms with Crippen LogP contribution >= 0.6 is 0 Å². The predicted molar refractivity (Wildman–Crippen MR) is 65.8 cm³/mol. The molecule has 0 fully saturated rings. The van der Waals surface area contributed by atoms with Gasteiger partial charge in [-0.05, 0) is 31.9 Å². The lowest BCUT2D eigenvalue weighted by molar-refractivity contribution is -0.384. The van der Waals surface area contributed by atoms with Gasteiger partial charge in [-0.25, -0.2) is 0 Å². The minimum atomic E-state index is -0.400. The van der Waals surface area contributed by atoms with E-state index >= 15 is 0 Å². The van der Waals surface area contributed by atoms with Crippen molar-refractivity contribution in [2.24, 2.45) is 0 Å². The van der Waals surface area contributed by atoms with Crippen LogP contribution in [-0.4, -0.2) is 23.2 Å². The van der Waals surface area contributed by atoms with Gasteiger partial charge >= 0.3 is 0 Å². The van der Waals surface area contributed by atoms with Crippen LogP contribution in [0.3, 0.4) is 0 Å². The summed E-state index contributed by atoms with van der Waals surface area (Å²) in [4.78, 5) is 10.1. The highest BCUT2D eigenvalue weighted by molar-refractivity contribution is 5.33. The molecule has 0 aliphatic carbocycles. The standard InChI is InChI=1S/C12H18N2O3/c1-10(13-8-2-3-9-15)11-4-6-12(7-5-11)14(16)17/h4-7,10,13,15H,2-3,8-9H2,1H3. The van der Waals surface area contributed by atoms with Gasteiger partial charge in [0, 0.05) is 24.8 Å². The van der Waals surface area contributed by atoms with Crippen molar-refractivity contribution in [3.8, 4) is 0 Å². The number of nitro benzene ring substituents is 1. The van der Waals surface area contributed by atoms with Gasteiger partial charge in [-0.2, -0.15) is 0 Å². The molecule has 0 aliphatic rings. The second-order valence-electron chi connectivity index (χ2n) is 3.96. The van der Waals surface area contributed by atoms with E-state index in [0.29, 0.717) is 0 Å². The summed E-state index contributed by atoms with van der Waals surface area (Å²) < 4.78 is 0. The van der Waals surface area contributed by atoms with Crippen molar-refractivity contribution in [3.63, 3.8) is 0 Å². The van der Waals surface area contributed by atoms with Crippen LogP contribution in [0.2, 0.25) is 0 Å². The number of hydrogen-bond donors (Lipinski definition) is 2. The first-order chi connectivity index (χ1) is 8.15. The summed E-state index contributed by atoms with van der Waals surface area (Å²) in [5.41, 5.74) is 1.14. The molecule has 2 N–H and O–H groups in total. The summed E-state index contributed by atoms with van der Waals surface area (Å²) in [5, 5.41) is 22.4. The van der Waals surface area contributed by atoms with E-state index < -0.39 is 4.92 Å². The fourth-order valence-corrected chi connectivity index (χ4v) is 1.56. The lowest BCUT2D eigenvalue weighted by atomic mass is 10.1. The molecule has 0 bridgehead atoms. The van der Waals surface area contributed by atoms with Crippen molar-refractivity contribution in [2.45, 2.75) is 25.8 Å². The Morgan fingerprint density at radius 2 is 2.00 bits per heavy atom. The average molecular weight is 238 g/mol. The van der Waals surface area contributed by atoms with Crippen molar-refractivity contribution in [1.82, 2.24) is 5.32 Å². The summed E-state index contributed by atoms with van der Waals surface area (Å²) >= 11 is 0. The highest BCUT2D eigenvalue weighted by atomic mass is 16.6. The number of unbranched alkanes of at least 4 members (excludes halogenated alkanes) is 1. The fraction of sp³-hybridized carbons (Fsp3) is 0.500. The molecule has 5 nitrogen and oxygen atoms in total. The molecule has 5 heteroatoms. The van der Waals surface area contributed by atoms with Crippen LogP contribution in [0.25, 0.3) is 0 Å². The van der Waals surface area contributed by atoms with Crippen LogP contribution in [0.4, 0.5) is 5.69 Å². The highest BCUT2D eigenvalue weighted by Gasteiger charge is 2.08. The third-order valence-corrected chi connectivity index (χ3v) is 2.64. The Hall–Kier alpha value is -1.46. The van der Waals surface area contributed by atoms with E-state index in [1.807, 2.05) is 6.92 Å². The molecule has 0 aromatic heterocycles. The van der Waals surface area contributed by atoms with E-state index in [2.05, 4.69) is 5.32 Å². The van der Waals surface area contributed by atoms with Crippen molar-refractivity contribution in [2.75, 3.05) is 13.2 Å². The van der Waals surface area contributed by atoms with E-state index in [9.17, 15) is 10.1 Å². The van der Waals surface area contributed by atoms with Gasteiger partial charge in [0.15, 0.2) is 0 Å². The van der Waals surface area contributed by atoms with Crippen molar-refractivity contribution >= 4 is 5.69 Å². The van der Waals surface area contributed by atoms with Crippen LogP contribution in [0.5, 0.6) is 0 Å². The van der Waals surface area contributed by atoms with Crippen LogP contribution in [-0.2, 0) is 0 Å². The molecule has 17 heavy (non-hydrogen) atoms. The van der Waals surface area contributed by atoms with Gasteiger partial charge in [0.1, 0.15) is 0 Å². The molecule has 0 aliphatic heterocycles. The van der Waals surface area contributed by atoms with Gasteiger partial charge in [0.2, 0.25) is 0 Å². The number of non-ortho nitro benzene ring substituents is 1. The molecular weight excluding hydrogens is 220 g/mol. The van der Waals surface area contributed by atoms with Gasteiger partial charge in [-0.3, -0.25) is 10.1 Å². The molecule has 0 heterocycles. The maximum Gasteiger partial charge on any atom is 0.269 e. The molecule has 1 atom stereocenters. The minimum Gasteiger partial charge on any atom is -0.396 e.